The minimum atomic E-state index is 0.0450. The van der Waals surface area contributed by atoms with Crippen LogP contribution in [0.25, 0.3) is 0 Å². The molecule has 0 spiro atoms. The van der Waals surface area contributed by atoms with Gasteiger partial charge in [-0.15, -0.1) is 0 Å². The van der Waals surface area contributed by atoms with E-state index in [2.05, 4.69) is 32.0 Å². The van der Waals surface area contributed by atoms with Crippen molar-refractivity contribution in [3.05, 3.63) is 34.9 Å². The lowest BCUT2D eigenvalue weighted by Crippen LogP contribution is -2.33. The molecule has 0 aliphatic carbocycles. The zero-order valence-corrected chi connectivity index (χ0v) is 8.79. The Morgan fingerprint density at radius 3 is 3.00 bits per heavy atom. The van der Waals surface area contributed by atoms with Crippen molar-refractivity contribution in [2.45, 2.75) is 39.0 Å². The average Bonchev–Trinajstić information content (AvgIpc) is 2.20. The zero-order chi connectivity index (χ0) is 10.1. The minimum absolute atomic E-state index is 0.0450. The second-order valence-electron chi connectivity index (χ2n) is 3.99. The van der Waals surface area contributed by atoms with E-state index < -0.39 is 0 Å². The summed E-state index contributed by atoms with van der Waals surface area (Å²) in [7, 11) is 0. The summed E-state index contributed by atoms with van der Waals surface area (Å²) in [5, 5.41) is 0. The monoisotopic (exact) mass is 191 g/mol. The van der Waals surface area contributed by atoms with Crippen molar-refractivity contribution in [1.29, 1.82) is 0 Å². The van der Waals surface area contributed by atoms with Crippen LogP contribution in [0.4, 0.5) is 0 Å². The summed E-state index contributed by atoms with van der Waals surface area (Å²) in [6, 6.07) is 6.46. The van der Waals surface area contributed by atoms with Crippen molar-refractivity contribution >= 4 is 0 Å². The summed E-state index contributed by atoms with van der Waals surface area (Å²) in [5.74, 6) is 0. The third kappa shape index (κ3) is 1.56. The number of hydrogen-bond acceptors (Lipinski definition) is 2. The molecule has 1 aliphatic rings. The molecule has 0 amide bonds. The van der Waals surface area contributed by atoms with Gasteiger partial charge in [0.25, 0.3) is 0 Å². The first-order valence-corrected chi connectivity index (χ1v) is 5.19. The molecule has 1 heterocycles. The minimum Gasteiger partial charge on any atom is -0.372 e. The number of benzene rings is 1. The van der Waals surface area contributed by atoms with Crippen LogP contribution in [0, 0.1) is 6.92 Å². The van der Waals surface area contributed by atoms with E-state index in [0.717, 1.165) is 6.42 Å². The van der Waals surface area contributed by atoms with Gasteiger partial charge in [-0.25, -0.2) is 0 Å². The number of ether oxygens (including phenoxy) is 1. The summed E-state index contributed by atoms with van der Waals surface area (Å²) in [4.78, 5) is 0. The fraction of sp³-hybridized carbons (Fsp3) is 0.500. The van der Waals surface area contributed by atoms with E-state index in [1.807, 2.05) is 0 Å². The molecule has 0 fully saturated rings. The molecule has 2 heteroatoms. The summed E-state index contributed by atoms with van der Waals surface area (Å²) >= 11 is 0. The number of nitrogens with two attached hydrogens (primary N) is 1. The van der Waals surface area contributed by atoms with E-state index in [0.29, 0.717) is 6.61 Å². The van der Waals surface area contributed by atoms with Crippen LogP contribution in [0.2, 0.25) is 0 Å². The van der Waals surface area contributed by atoms with Crippen LogP contribution in [0.5, 0.6) is 0 Å². The SMILES string of the molecule is CC[C@@H]1OCc2ccc(C)cc2[C@@H]1N. The Labute approximate surface area is 85.1 Å². The molecule has 0 aromatic heterocycles. The van der Waals surface area contributed by atoms with Gasteiger partial charge < -0.3 is 10.5 Å². The van der Waals surface area contributed by atoms with Gasteiger partial charge in [-0.2, -0.15) is 0 Å². The van der Waals surface area contributed by atoms with Crippen molar-refractivity contribution in [1.82, 2.24) is 0 Å². The number of hydrogen-bond donors (Lipinski definition) is 1. The van der Waals surface area contributed by atoms with E-state index in [9.17, 15) is 0 Å². The first kappa shape index (κ1) is 9.69. The third-order valence-electron chi connectivity index (χ3n) is 2.92. The molecule has 1 aliphatic heterocycles. The standard InChI is InChI=1S/C12H17NO/c1-3-11-12(13)10-6-8(2)4-5-9(10)7-14-11/h4-6,11-12H,3,7,13H2,1-2H3/t11-,12-/m0/s1. The van der Waals surface area contributed by atoms with Gasteiger partial charge in [0, 0.05) is 0 Å². The van der Waals surface area contributed by atoms with Crippen LogP contribution in [0.1, 0.15) is 36.1 Å². The Hall–Kier alpha value is -0.860. The fourth-order valence-corrected chi connectivity index (χ4v) is 2.03. The highest BCUT2D eigenvalue weighted by atomic mass is 16.5. The van der Waals surface area contributed by atoms with Crippen LogP contribution in [0.15, 0.2) is 18.2 Å². The first-order chi connectivity index (χ1) is 6.72. The van der Waals surface area contributed by atoms with Gasteiger partial charge >= 0.3 is 0 Å². The summed E-state index contributed by atoms with van der Waals surface area (Å²) < 4.78 is 5.68. The maximum atomic E-state index is 6.14. The van der Waals surface area contributed by atoms with Crippen LogP contribution in [-0.2, 0) is 11.3 Å². The van der Waals surface area contributed by atoms with Gasteiger partial charge in [-0.1, -0.05) is 30.7 Å². The lowest BCUT2D eigenvalue weighted by atomic mass is 9.92. The number of fused-ring (bicyclic) bond motifs is 1. The quantitative estimate of drug-likeness (QED) is 0.739. The highest BCUT2D eigenvalue weighted by molar-refractivity contribution is 5.35. The van der Waals surface area contributed by atoms with Crippen LogP contribution in [-0.4, -0.2) is 6.10 Å². The Kier molecular flexibility index (Phi) is 2.57. The molecule has 76 valence electrons. The van der Waals surface area contributed by atoms with E-state index in [-0.39, 0.29) is 12.1 Å². The predicted octanol–water partition coefficient (Wildman–Crippen LogP) is 2.30. The highest BCUT2D eigenvalue weighted by Crippen LogP contribution is 2.29. The molecule has 0 radical (unpaired) electrons. The van der Waals surface area contributed by atoms with Crippen molar-refractivity contribution in [3.63, 3.8) is 0 Å². The molecular weight excluding hydrogens is 174 g/mol. The molecule has 0 saturated carbocycles. The summed E-state index contributed by atoms with van der Waals surface area (Å²) in [6.45, 7) is 4.93. The van der Waals surface area contributed by atoms with Crippen molar-refractivity contribution in [3.8, 4) is 0 Å². The Morgan fingerprint density at radius 2 is 2.29 bits per heavy atom. The molecule has 2 N–H and O–H groups in total. The predicted molar refractivity (Wildman–Crippen MR) is 57.0 cm³/mol. The smallest absolute Gasteiger partial charge is 0.0769 e. The van der Waals surface area contributed by atoms with E-state index in [4.69, 9.17) is 10.5 Å². The molecule has 2 rings (SSSR count). The van der Waals surface area contributed by atoms with Crippen LogP contribution in [0.3, 0.4) is 0 Å². The molecule has 1 aromatic rings. The Morgan fingerprint density at radius 1 is 1.50 bits per heavy atom. The molecule has 0 bridgehead atoms. The average molecular weight is 191 g/mol. The van der Waals surface area contributed by atoms with E-state index >= 15 is 0 Å². The van der Waals surface area contributed by atoms with Gasteiger partial charge in [-0.05, 0) is 24.5 Å². The number of aryl methyl sites for hydroxylation is 1. The summed E-state index contributed by atoms with van der Waals surface area (Å²) in [6.07, 6.45) is 1.17. The molecule has 14 heavy (non-hydrogen) atoms. The fourth-order valence-electron chi connectivity index (χ4n) is 2.03. The topological polar surface area (TPSA) is 35.2 Å². The number of rotatable bonds is 1. The summed E-state index contributed by atoms with van der Waals surface area (Å²) in [5.41, 5.74) is 9.93. The van der Waals surface area contributed by atoms with E-state index in [1.54, 1.807) is 0 Å². The molecule has 1 aromatic carbocycles. The van der Waals surface area contributed by atoms with Crippen LogP contribution >= 0.6 is 0 Å². The van der Waals surface area contributed by atoms with Gasteiger partial charge in [-0.3, -0.25) is 0 Å². The highest BCUT2D eigenvalue weighted by Gasteiger charge is 2.25. The van der Waals surface area contributed by atoms with Crippen molar-refractivity contribution in [2.24, 2.45) is 5.73 Å². The lowest BCUT2D eigenvalue weighted by Gasteiger charge is -2.30. The van der Waals surface area contributed by atoms with E-state index in [1.165, 1.54) is 16.7 Å². The third-order valence-corrected chi connectivity index (χ3v) is 2.92. The lowest BCUT2D eigenvalue weighted by molar-refractivity contribution is 0.00678. The molecule has 0 saturated heterocycles. The maximum absolute atomic E-state index is 6.14. The second kappa shape index (κ2) is 3.71. The van der Waals surface area contributed by atoms with Crippen molar-refractivity contribution in [2.75, 3.05) is 0 Å². The normalized spacial score (nSPS) is 25.9. The van der Waals surface area contributed by atoms with Gasteiger partial charge in [0.2, 0.25) is 0 Å². The van der Waals surface area contributed by atoms with Gasteiger partial charge in [0.05, 0.1) is 18.8 Å². The van der Waals surface area contributed by atoms with Gasteiger partial charge in [0.1, 0.15) is 0 Å². The second-order valence-corrected chi connectivity index (χ2v) is 3.99. The zero-order valence-electron chi connectivity index (χ0n) is 8.79. The Balaban J connectivity index is 2.38. The first-order valence-electron chi connectivity index (χ1n) is 5.19. The molecule has 2 nitrogen and oxygen atoms in total. The van der Waals surface area contributed by atoms with Crippen LogP contribution < -0.4 is 5.73 Å². The van der Waals surface area contributed by atoms with Gasteiger partial charge in [0.15, 0.2) is 0 Å². The maximum Gasteiger partial charge on any atom is 0.0769 e. The molecule has 0 unspecified atom stereocenters. The molecular formula is C12H17NO. The largest absolute Gasteiger partial charge is 0.372 e. The van der Waals surface area contributed by atoms with Crippen molar-refractivity contribution < 1.29 is 4.74 Å². The molecule has 2 atom stereocenters. The Bertz CT molecular complexity index is 335.